The van der Waals surface area contributed by atoms with Gasteiger partial charge in [0, 0.05) is 62.5 Å². The van der Waals surface area contributed by atoms with Gasteiger partial charge in [-0.25, -0.2) is 0 Å². The minimum absolute atomic E-state index is 0.418. The summed E-state index contributed by atoms with van der Waals surface area (Å²) in [6.07, 6.45) is 8.39. The van der Waals surface area contributed by atoms with Crippen LogP contribution in [0.2, 0.25) is 10.0 Å². The van der Waals surface area contributed by atoms with Crippen molar-refractivity contribution in [1.29, 1.82) is 0 Å². The summed E-state index contributed by atoms with van der Waals surface area (Å²) in [7, 11) is 3.17. The number of benzene rings is 2. The number of halogens is 2. The second kappa shape index (κ2) is 12.8. The molecule has 7 nitrogen and oxygen atoms in total. The zero-order valence-corrected chi connectivity index (χ0v) is 23.8. The van der Waals surface area contributed by atoms with Crippen LogP contribution in [0.25, 0.3) is 10.9 Å². The van der Waals surface area contributed by atoms with E-state index in [2.05, 4.69) is 39.9 Å². The summed E-state index contributed by atoms with van der Waals surface area (Å²) in [5.41, 5.74) is 2.57. The average molecular weight is 558 g/mol. The molecule has 1 aromatic heterocycles. The third-order valence-corrected chi connectivity index (χ3v) is 7.43. The van der Waals surface area contributed by atoms with E-state index < -0.39 is 0 Å². The second-order valence-electron chi connectivity index (χ2n) is 9.48. The zero-order valence-electron chi connectivity index (χ0n) is 22.3. The van der Waals surface area contributed by atoms with E-state index >= 15 is 0 Å². The van der Waals surface area contributed by atoms with Gasteiger partial charge in [0.15, 0.2) is 11.5 Å². The monoisotopic (exact) mass is 556 g/mol. The van der Waals surface area contributed by atoms with Crippen LogP contribution in [-0.4, -0.2) is 74.4 Å². The number of fused-ring (bicyclic) bond motifs is 1. The van der Waals surface area contributed by atoms with E-state index in [0.717, 1.165) is 44.5 Å². The third kappa shape index (κ3) is 6.39. The van der Waals surface area contributed by atoms with Crippen molar-refractivity contribution < 1.29 is 14.2 Å². The first-order chi connectivity index (χ1) is 18.3. The number of piperazine rings is 1. The van der Waals surface area contributed by atoms with Gasteiger partial charge in [-0.1, -0.05) is 29.1 Å². The van der Waals surface area contributed by atoms with Gasteiger partial charge in [-0.05, 0) is 32.4 Å². The molecule has 0 atom stereocenters. The van der Waals surface area contributed by atoms with Crippen LogP contribution < -0.4 is 19.5 Å². The van der Waals surface area contributed by atoms with Gasteiger partial charge >= 0.3 is 0 Å². The molecule has 1 aliphatic rings. The lowest BCUT2D eigenvalue weighted by atomic mass is 10.1. The van der Waals surface area contributed by atoms with Crippen LogP contribution in [0.5, 0.6) is 17.2 Å². The summed E-state index contributed by atoms with van der Waals surface area (Å²) < 4.78 is 17.2. The van der Waals surface area contributed by atoms with Gasteiger partial charge in [0.1, 0.15) is 5.75 Å². The predicted molar refractivity (Wildman–Crippen MR) is 156 cm³/mol. The fourth-order valence-corrected chi connectivity index (χ4v) is 5.11. The molecule has 1 saturated heterocycles. The fraction of sp³-hybridized carbons (Fsp3) is 0.414. The van der Waals surface area contributed by atoms with Crippen LogP contribution in [0.3, 0.4) is 0 Å². The number of methoxy groups -OCH3 is 2. The number of anilines is 2. The molecule has 9 heteroatoms. The van der Waals surface area contributed by atoms with Gasteiger partial charge in [0.2, 0.25) is 0 Å². The molecule has 1 N–H and O–H groups in total. The number of aromatic nitrogens is 1. The highest BCUT2D eigenvalue weighted by molar-refractivity contribution is 6.37. The van der Waals surface area contributed by atoms with E-state index in [1.54, 1.807) is 32.5 Å². The third-order valence-electron chi connectivity index (χ3n) is 6.82. The molecule has 0 amide bonds. The molecule has 38 heavy (non-hydrogen) atoms. The number of terminal acetylenes is 1. The van der Waals surface area contributed by atoms with Crippen LogP contribution in [-0.2, 0) is 0 Å². The molecule has 0 aliphatic carbocycles. The summed E-state index contributed by atoms with van der Waals surface area (Å²) >= 11 is 12.7. The Labute approximate surface area is 235 Å². The van der Waals surface area contributed by atoms with Crippen LogP contribution in [0.15, 0.2) is 30.5 Å². The quantitative estimate of drug-likeness (QED) is 0.240. The molecule has 2 aromatic carbocycles. The van der Waals surface area contributed by atoms with Gasteiger partial charge in [-0.15, -0.1) is 6.42 Å². The minimum Gasteiger partial charge on any atom is -0.495 e. The maximum Gasteiger partial charge on any atom is 0.163 e. The lowest BCUT2D eigenvalue weighted by molar-refractivity contribution is 0.104. The smallest absolute Gasteiger partial charge is 0.163 e. The Morgan fingerprint density at radius 2 is 1.74 bits per heavy atom. The molecule has 1 aliphatic heterocycles. The van der Waals surface area contributed by atoms with E-state index in [0.29, 0.717) is 62.4 Å². The Balaban J connectivity index is 1.51. The molecule has 0 saturated carbocycles. The molecule has 2 heterocycles. The lowest BCUT2D eigenvalue weighted by Crippen LogP contribution is -2.49. The average Bonchev–Trinajstić information content (AvgIpc) is 2.92. The first-order valence-corrected chi connectivity index (χ1v) is 13.5. The lowest BCUT2D eigenvalue weighted by Gasteiger charge is -2.36. The zero-order chi connectivity index (χ0) is 27.2. The van der Waals surface area contributed by atoms with Crippen LogP contribution in [0.1, 0.15) is 25.8 Å². The number of hydrogen-bond donors (Lipinski definition) is 1. The van der Waals surface area contributed by atoms with Gasteiger partial charge < -0.3 is 24.4 Å². The second-order valence-corrected chi connectivity index (χ2v) is 10.3. The number of rotatable bonds is 10. The van der Waals surface area contributed by atoms with Gasteiger partial charge in [0.05, 0.1) is 53.3 Å². The maximum atomic E-state index is 6.47. The van der Waals surface area contributed by atoms with E-state index in [9.17, 15) is 0 Å². The van der Waals surface area contributed by atoms with Crippen LogP contribution in [0.4, 0.5) is 11.4 Å². The molecular weight excluding hydrogens is 523 g/mol. The molecule has 0 spiro atoms. The van der Waals surface area contributed by atoms with Gasteiger partial charge in [0.25, 0.3) is 0 Å². The first-order valence-electron chi connectivity index (χ1n) is 12.7. The summed E-state index contributed by atoms with van der Waals surface area (Å²) in [5, 5.41) is 4.97. The van der Waals surface area contributed by atoms with Crippen molar-refractivity contribution in [3.05, 3.63) is 46.1 Å². The largest absolute Gasteiger partial charge is 0.495 e. The van der Waals surface area contributed by atoms with Crippen molar-refractivity contribution in [1.82, 2.24) is 14.8 Å². The number of ether oxygens (including phenoxy) is 3. The summed E-state index contributed by atoms with van der Waals surface area (Å²) in [4.78, 5) is 9.59. The minimum atomic E-state index is 0.418. The van der Waals surface area contributed by atoms with Crippen molar-refractivity contribution in [3.8, 4) is 29.6 Å². The topological polar surface area (TPSA) is 59.1 Å². The van der Waals surface area contributed by atoms with Crippen LogP contribution >= 0.6 is 23.2 Å². The number of pyridine rings is 1. The normalized spacial score (nSPS) is 14.5. The maximum absolute atomic E-state index is 6.47. The van der Waals surface area contributed by atoms with Crippen molar-refractivity contribution >= 4 is 45.5 Å². The molecule has 0 bridgehead atoms. The highest BCUT2D eigenvalue weighted by Crippen LogP contribution is 2.40. The highest BCUT2D eigenvalue weighted by atomic mass is 35.5. The highest BCUT2D eigenvalue weighted by Gasteiger charge is 2.19. The van der Waals surface area contributed by atoms with Crippen molar-refractivity contribution in [2.45, 2.75) is 26.3 Å². The Hall–Kier alpha value is -2.89. The van der Waals surface area contributed by atoms with E-state index in [1.807, 2.05) is 12.1 Å². The first kappa shape index (κ1) is 28.1. The molecule has 0 unspecified atom stereocenters. The Kier molecular flexibility index (Phi) is 9.45. The molecule has 202 valence electrons. The Bertz CT molecular complexity index is 1320. The summed E-state index contributed by atoms with van der Waals surface area (Å²) in [6, 6.07) is 7.72. The van der Waals surface area contributed by atoms with Gasteiger partial charge in [-0.2, -0.15) is 0 Å². The van der Waals surface area contributed by atoms with E-state index in [1.165, 1.54) is 0 Å². The van der Waals surface area contributed by atoms with Crippen molar-refractivity contribution in [2.75, 3.05) is 58.9 Å². The Morgan fingerprint density at radius 3 is 2.39 bits per heavy atom. The van der Waals surface area contributed by atoms with E-state index in [4.69, 9.17) is 43.8 Å². The Morgan fingerprint density at radius 1 is 1.00 bits per heavy atom. The molecule has 4 rings (SSSR count). The SMILES string of the molecule is C#Cc1cnc2cc(OCCCN3CCN(C(C)C)CC3)c(OC)cc2c1Nc1cc(OC)c(Cl)cc1Cl. The summed E-state index contributed by atoms with van der Waals surface area (Å²) in [5.74, 6) is 4.43. The number of hydrogen-bond acceptors (Lipinski definition) is 7. The van der Waals surface area contributed by atoms with Crippen LogP contribution in [0, 0.1) is 12.3 Å². The standard InChI is InChI=1S/C29H34Cl2N4O3/c1-6-20-18-32-24-16-28(38-13-7-8-34-9-11-35(12-10-34)19(2)3)27(37-5)14-21(24)29(20)33-25-17-26(36-4)23(31)15-22(25)30/h1,14-19H,7-13H2,2-5H3,(H,32,33). The number of nitrogens with one attached hydrogen (secondary N) is 1. The van der Waals surface area contributed by atoms with Crippen molar-refractivity contribution in [3.63, 3.8) is 0 Å². The molecule has 0 radical (unpaired) electrons. The molecule has 1 fully saturated rings. The summed E-state index contributed by atoms with van der Waals surface area (Å²) in [6.45, 7) is 10.5. The van der Waals surface area contributed by atoms with Gasteiger partial charge in [-0.3, -0.25) is 9.88 Å². The molecule has 3 aromatic rings. The number of nitrogens with zero attached hydrogens (tertiary/aromatic N) is 3. The molecular formula is C29H34Cl2N4O3. The fourth-order valence-electron chi connectivity index (χ4n) is 4.61. The predicted octanol–water partition coefficient (Wildman–Crippen LogP) is 6.08. The van der Waals surface area contributed by atoms with E-state index in [-0.39, 0.29) is 0 Å². The van der Waals surface area contributed by atoms with Crippen molar-refractivity contribution in [2.24, 2.45) is 0 Å².